The van der Waals surface area contributed by atoms with Crippen LogP contribution in [-0.2, 0) is 9.59 Å². The minimum absolute atomic E-state index is 0.369. The van der Waals surface area contributed by atoms with Crippen LogP contribution in [0.25, 0.3) is 0 Å². The van der Waals surface area contributed by atoms with Gasteiger partial charge in [0.25, 0.3) is 0 Å². The summed E-state index contributed by atoms with van der Waals surface area (Å²) in [6.45, 7) is 7.65. The molecule has 0 saturated heterocycles. The van der Waals surface area contributed by atoms with Crippen LogP contribution in [-0.4, -0.2) is 38.1 Å². The number of benzene rings is 2. The zero-order chi connectivity index (χ0) is 28.0. The SMILES string of the molecule is CCC(O)(CC)[C@@H](c1ccccc1)N(C(=O)C1(C(N)=O)CCCCC1)[C@H](c1ccccc1)C(O)(CC)CC. The van der Waals surface area contributed by atoms with Crippen LogP contribution in [0.3, 0.4) is 0 Å². The fourth-order valence-electron chi connectivity index (χ4n) is 6.36. The molecule has 0 aliphatic heterocycles. The van der Waals surface area contributed by atoms with E-state index in [1.165, 1.54) is 0 Å². The molecule has 3 rings (SSSR count). The molecule has 2 aromatic carbocycles. The van der Waals surface area contributed by atoms with E-state index < -0.39 is 40.5 Å². The first kappa shape index (κ1) is 29.9. The molecule has 0 aromatic heterocycles. The Labute approximate surface area is 228 Å². The van der Waals surface area contributed by atoms with Gasteiger partial charge in [-0.1, -0.05) is 108 Å². The summed E-state index contributed by atoms with van der Waals surface area (Å²) >= 11 is 0. The van der Waals surface area contributed by atoms with Gasteiger partial charge in [-0.25, -0.2) is 0 Å². The summed E-state index contributed by atoms with van der Waals surface area (Å²) in [5.41, 5.74) is 3.58. The molecule has 0 unspecified atom stereocenters. The molecular weight excluding hydrogens is 476 g/mol. The maximum Gasteiger partial charge on any atom is 0.239 e. The third-order valence-electron chi connectivity index (χ3n) is 9.08. The number of carbonyl (C=O) groups is 2. The van der Waals surface area contributed by atoms with Crippen molar-refractivity contribution in [3.05, 3.63) is 71.8 Å². The highest BCUT2D eigenvalue weighted by atomic mass is 16.3. The number of nitrogens with two attached hydrogens (primary N) is 1. The zero-order valence-electron chi connectivity index (χ0n) is 23.5. The first-order valence-electron chi connectivity index (χ1n) is 14.3. The molecule has 0 spiro atoms. The summed E-state index contributed by atoms with van der Waals surface area (Å²) < 4.78 is 0. The summed E-state index contributed by atoms with van der Waals surface area (Å²) in [6.07, 6.45) is 4.67. The molecule has 6 nitrogen and oxygen atoms in total. The molecule has 0 bridgehead atoms. The van der Waals surface area contributed by atoms with E-state index in [0.29, 0.717) is 38.5 Å². The maximum atomic E-state index is 15.1. The van der Waals surface area contributed by atoms with Gasteiger partial charge in [0.1, 0.15) is 5.41 Å². The van der Waals surface area contributed by atoms with E-state index in [-0.39, 0.29) is 0 Å². The Bertz CT molecular complexity index is 980. The van der Waals surface area contributed by atoms with Gasteiger partial charge in [0.15, 0.2) is 0 Å². The number of rotatable bonds is 12. The monoisotopic (exact) mass is 522 g/mol. The topological polar surface area (TPSA) is 104 Å². The van der Waals surface area contributed by atoms with Crippen LogP contribution in [0.4, 0.5) is 0 Å². The van der Waals surface area contributed by atoms with Crippen LogP contribution in [0.5, 0.6) is 0 Å². The van der Waals surface area contributed by atoms with Crippen molar-refractivity contribution < 1.29 is 19.8 Å². The van der Waals surface area contributed by atoms with Gasteiger partial charge in [-0.15, -0.1) is 0 Å². The van der Waals surface area contributed by atoms with E-state index >= 15 is 4.79 Å². The summed E-state index contributed by atoms with van der Waals surface area (Å²) in [7, 11) is 0. The molecule has 2 amide bonds. The number of nitrogens with zero attached hydrogens (tertiary/aromatic N) is 1. The van der Waals surface area contributed by atoms with Gasteiger partial charge < -0.3 is 20.8 Å². The number of amides is 2. The van der Waals surface area contributed by atoms with Crippen LogP contribution in [0.15, 0.2) is 60.7 Å². The van der Waals surface area contributed by atoms with Gasteiger partial charge in [0.05, 0.1) is 23.3 Å². The van der Waals surface area contributed by atoms with Crippen molar-refractivity contribution in [2.45, 2.75) is 109 Å². The highest BCUT2D eigenvalue weighted by Crippen LogP contribution is 2.50. The first-order chi connectivity index (χ1) is 18.1. The molecule has 38 heavy (non-hydrogen) atoms. The molecule has 208 valence electrons. The van der Waals surface area contributed by atoms with Gasteiger partial charge in [-0.3, -0.25) is 9.59 Å². The molecule has 1 aliphatic carbocycles. The lowest BCUT2D eigenvalue weighted by Crippen LogP contribution is -2.61. The highest BCUT2D eigenvalue weighted by molar-refractivity contribution is 6.04. The molecule has 2 aromatic rings. The third kappa shape index (κ3) is 5.52. The average molecular weight is 523 g/mol. The van der Waals surface area contributed by atoms with Crippen molar-refractivity contribution in [1.29, 1.82) is 0 Å². The predicted octanol–water partition coefficient (Wildman–Crippen LogP) is 5.84. The molecule has 2 atom stereocenters. The predicted molar refractivity (Wildman–Crippen MR) is 151 cm³/mol. The molecule has 0 heterocycles. The van der Waals surface area contributed by atoms with E-state index in [4.69, 9.17) is 5.73 Å². The first-order valence-corrected chi connectivity index (χ1v) is 14.3. The van der Waals surface area contributed by atoms with Crippen molar-refractivity contribution in [2.75, 3.05) is 0 Å². The minimum Gasteiger partial charge on any atom is -0.387 e. The average Bonchev–Trinajstić information content (AvgIpc) is 2.97. The van der Waals surface area contributed by atoms with Crippen molar-refractivity contribution in [3.63, 3.8) is 0 Å². The molecule has 6 heteroatoms. The van der Waals surface area contributed by atoms with Crippen LogP contribution in [0, 0.1) is 5.41 Å². The smallest absolute Gasteiger partial charge is 0.239 e. The number of aliphatic hydroxyl groups is 2. The molecule has 4 N–H and O–H groups in total. The summed E-state index contributed by atoms with van der Waals surface area (Å²) in [5.74, 6) is -1.02. The second kappa shape index (κ2) is 12.4. The van der Waals surface area contributed by atoms with Gasteiger partial charge in [0.2, 0.25) is 11.8 Å². The van der Waals surface area contributed by atoms with E-state index in [1.54, 1.807) is 4.90 Å². The van der Waals surface area contributed by atoms with E-state index in [1.807, 2.05) is 88.4 Å². The highest BCUT2D eigenvalue weighted by Gasteiger charge is 2.56. The lowest BCUT2D eigenvalue weighted by Gasteiger charge is -2.53. The maximum absolute atomic E-state index is 15.1. The Morgan fingerprint density at radius 2 is 1.13 bits per heavy atom. The Morgan fingerprint density at radius 1 is 0.763 bits per heavy atom. The summed E-state index contributed by atoms with van der Waals surface area (Å²) in [4.78, 5) is 29.9. The molecule has 0 radical (unpaired) electrons. The number of hydrogen-bond donors (Lipinski definition) is 3. The molecule has 1 fully saturated rings. The van der Waals surface area contributed by atoms with Crippen LogP contribution < -0.4 is 5.73 Å². The quantitative estimate of drug-likeness (QED) is 0.305. The van der Waals surface area contributed by atoms with Crippen LogP contribution in [0.1, 0.15) is 109 Å². The van der Waals surface area contributed by atoms with Crippen LogP contribution in [0.2, 0.25) is 0 Å². The summed E-state index contributed by atoms with van der Waals surface area (Å²) in [5, 5.41) is 24.4. The number of primary amides is 1. The van der Waals surface area contributed by atoms with E-state index in [9.17, 15) is 15.0 Å². The normalized spacial score (nSPS) is 17.4. The van der Waals surface area contributed by atoms with E-state index in [2.05, 4.69) is 0 Å². The van der Waals surface area contributed by atoms with Gasteiger partial charge in [-0.05, 0) is 49.7 Å². The van der Waals surface area contributed by atoms with Gasteiger partial charge in [-0.2, -0.15) is 0 Å². The number of carbonyl (C=O) groups excluding carboxylic acids is 2. The van der Waals surface area contributed by atoms with Crippen LogP contribution >= 0.6 is 0 Å². The van der Waals surface area contributed by atoms with E-state index in [0.717, 1.165) is 30.4 Å². The summed E-state index contributed by atoms with van der Waals surface area (Å²) in [6, 6.07) is 17.4. The van der Waals surface area contributed by atoms with Crippen molar-refractivity contribution in [1.82, 2.24) is 4.90 Å². The Morgan fingerprint density at radius 3 is 1.45 bits per heavy atom. The molecule has 1 saturated carbocycles. The fourth-order valence-corrected chi connectivity index (χ4v) is 6.36. The fraction of sp³-hybridized carbons (Fsp3) is 0.562. The molecular formula is C32H46N2O4. The second-order valence-corrected chi connectivity index (χ2v) is 11.0. The molecule has 1 aliphatic rings. The lowest BCUT2D eigenvalue weighted by atomic mass is 9.69. The zero-order valence-corrected chi connectivity index (χ0v) is 23.5. The van der Waals surface area contributed by atoms with Crippen molar-refractivity contribution in [2.24, 2.45) is 11.1 Å². The van der Waals surface area contributed by atoms with Crippen molar-refractivity contribution in [3.8, 4) is 0 Å². The third-order valence-corrected chi connectivity index (χ3v) is 9.08. The largest absolute Gasteiger partial charge is 0.387 e. The van der Waals surface area contributed by atoms with Gasteiger partial charge in [0, 0.05) is 0 Å². The Balaban J connectivity index is 2.43. The lowest BCUT2D eigenvalue weighted by molar-refractivity contribution is -0.175. The Kier molecular flexibility index (Phi) is 9.77. The number of hydrogen-bond acceptors (Lipinski definition) is 4. The Hall–Kier alpha value is -2.70. The van der Waals surface area contributed by atoms with Crippen molar-refractivity contribution >= 4 is 11.8 Å². The van der Waals surface area contributed by atoms with Gasteiger partial charge >= 0.3 is 0 Å². The standard InChI is InChI=1S/C32H46N2O4/c1-5-31(37,6-2)26(24-18-12-9-13-19-24)34(29(36)30(28(33)35)22-16-11-17-23-30)27(32(38,7-3)8-4)25-20-14-10-15-21-25/h9-10,12-15,18-21,26-27,37-38H,5-8,11,16-17,22-23H2,1-4H3,(H2,33,35)/t26-,27-/m1/s1. The second-order valence-electron chi connectivity index (χ2n) is 11.0. The minimum atomic E-state index is -1.39.